The maximum atomic E-state index is 14.8. The average molecular weight is 357 g/mol. The van der Waals surface area contributed by atoms with E-state index in [4.69, 9.17) is 4.74 Å². The minimum Gasteiger partial charge on any atom is -0.497 e. The second-order valence-electron chi connectivity index (χ2n) is 5.78. The van der Waals surface area contributed by atoms with E-state index in [-0.39, 0.29) is 22.7 Å². The van der Waals surface area contributed by atoms with E-state index in [0.29, 0.717) is 17.7 Å². The van der Waals surface area contributed by atoms with Crippen molar-refractivity contribution >= 4 is 11.3 Å². The molecule has 0 bridgehead atoms. The number of likely N-dealkylation sites (N-methyl/N-ethyl adjacent to an activating group) is 1. The van der Waals surface area contributed by atoms with Crippen LogP contribution in [0.4, 0.5) is 13.2 Å². The van der Waals surface area contributed by atoms with Gasteiger partial charge in [0.25, 0.3) is 0 Å². The summed E-state index contributed by atoms with van der Waals surface area (Å²) in [6.07, 6.45) is 1.27. The van der Waals surface area contributed by atoms with Crippen LogP contribution < -0.4 is 4.74 Å². The fourth-order valence-electron chi connectivity index (χ4n) is 3.04. The summed E-state index contributed by atoms with van der Waals surface area (Å²) < 4.78 is 48.9. The molecule has 1 aliphatic rings. The Morgan fingerprint density at radius 1 is 1.04 bits per heavy atom. The molecule has 0 atom stereocenters. The molecule has 0 aromatic heterocycles. The summed E-state index contributed by atoms with van der Waals surface area (Å²) in [6, 6.07) is 11.1. The van der Waals surface area contributed by atoms with Crippen molar-refractivity contribution in [3.05, 3.63) is 89.4 Å². The highest BCUT2D eigenvalue weighted by atomic mass is 19.1. The quantitative estimate of drug-likeness (QED) is 0.712. The largest absolute Gasteiger partial charge is 0.497 e. The topological polar surface area (TPSA) is 12.5 Å². The molecule has 0 N–H and O–H groups in total. The zero-order chi connectivity index (χ0) is 18.8. The smallest absolute Gasteiger partial charge is 0.146 e. The molecular weight excluding hydrogens is 339 g/mol. The van der Waals surface area contributed by atoms with E-state index in [1.165, 1.54) is 18.1 Å². The van der Waals surface area contributed by atoms with Gasteiger partial charge in [-0.3, -0.25) is 0 Å². The number of hydrogen-bond acceptors (Lipinski definition) is 2. The van der Waals surface area contributed by atoms with Crippen molar-refractivity contribution in [3.63, 3.8) is 0 Å². The van der Waals surface area contributed by atoms with E-state index in [0.717, 1.165) is 12.1 Å². The lowest BCUT2D eigenvalue weighted by Crippen LogP contribution is -2.26. The van der Waals surface area contributed by atoms with Gasteiger partial charge < -0.3 is 9.64 Å². The lowest BCUT2D eigenvalue weighted by Gasteiger charge is -2.33. The number of benzene rings is 2. The molecule has 0 aliphatic carbocycles. The third-order valence-corrected chi connectivity index (χ3v) is 4.29. The molecule has 0 saturated carbocycles. The van der Waals surface area contributed by atoms with Crippen LogP contribution in [0.5, 0.6) is 5.75 Å². The number of allylic oxidation sites excluding steroid dienone is 3. The Labute approximate surface area is 150 Å². The first-order valence-corrected chi connectivity index (χ1v) is 8.15. The fourth-order valence-corrected chi connectivity index (χ4v) is 3.04. The first kappa shape index (κ1) is 17.9. The monoisotopic (exact) mass is 357 g/mol. The van der Waals surface area contributed by atoms with Gasteiger partial charge in [0.05, 0.1) is 24.1 Å². The van der Waals surface area contributed by atoms with Gasteiger partial charge in [0.15, 0.2) is 0 Å². The van der Waals surface area contributed by atoms with Crippen LogP contribution in [0.3, 0.4) is 0 Å². The molecule has 0 saturated heterocycles. The molecule has 2 nitrogen and oxygen atoms in total. The molecule has 0 amide bonds. The van der Waals surface area contributed by atoms with Crippen molar-refractivity contribution < 1.29 is 17.9 Å². The van der Waals surface area contributed by atoms with Crippen molar-refractivity contribution in [2.45, 2.75) is 6.92 Å². The van der Waals surface area contributed by atoms with Crippen LogP contribution in [0.25, 0.3) is 11.3 Å². The maximum Gasteiger partial charge on any atom is 0.146 e. The van der Waals surface area contributed by atoms with E-state index in [1.807, 2.05) is 6.07 Å². The number of hydrogen-bond donors (Lipinski definition) is 0. The molecule has 5 heteroatoms. The Morgan fingerprint density at radius 2 is 1.65 bits per heavy atom. The molecule has 3 rings (SSSR count). The number of rotatable bonds is 4. The van der Waals surface area contributed by atoms with Gasteiger partial charge in [0.2, 0.25) is 0 Å². The van der Waals surface area contributed by atoms with Crippen LogP contribution in [0, 0.1) is 11.6 Å². The third kappa shape index (κ3) is 3.01. The van der Waals surface area contributed by atoms with E-state index in [1.54, 1.807) is 31.2 Å². The molecule has 1 aliphatic heterocycles. The van der Waals surface area contributed by atoms with Crippen LogP contribution in [-0.4, -0.2) is 18.6 Å². The Bertz CT molecular complexity index is 893. The molecule has 0 unspecified atom stereocenters. The molecular formula is C21H18F3NO. The summed E-state index contributed by atoms with van der Waals surface area (Å²) in [5.74, 6) is -2.03. The van der Waals surface area contributed by atoms with Gasteiger partial charge in [-0.1, -0.05) is 36.9 Å². The van der Waals surface area contributed by atoms with Gasteiger partial charge >= 0.3 is 0 Å². The predicted molar refractivity (Wildman–Crippen MR) is 96.9 cm³/mol. The Balaban J connectivity index is 2.36. The molecule has 1 heterocycles. The summed E-state index contributed by atoms with van der Waals surface area (Å²) in [6.45, 7) is 5.80. The second kappa shape index (κ2) is 7.12. The lowest BCUT2D eigenvalue weighted by atomic mass is 9.93. The standard InChI is InChI=1S/C21H18F3NO/c1-4-25-13(2)17(22)12-16(14-8-6-5-7-9-14)21(25)20-18(23)10-15(26-3)11-19(20)24/h5-12H,2,4H2,1,3H3. The van der Waals surface area contributed by atoms with Crippen molar-refractivity contribution in [2.24, 2.45) is 0 Å². The maximum absolute atomic E-state index is 14.8. The van der Waals surface area contributed by atoms with Gasteiger partial charge in [-0.05, 0) is 18.6 Å². The van der Waals surface area contributed by atoms with Crippen LogP contribution >= 0.6 is 0 Å². The highest BCUT2D eigenvalue weighted by Gasteiger charge is 2.29. The molecule has 0 spiro atoms. The van der Waals surface area contributed by atoms with E-state index < -0.39 is 17.5 Å². The first-order valence-electron chi connectivity index (χ1n) is 8.15. The number of methoxy groups -OCH3 is 1. The Kier molecular flexibility index (Phi) is 4.89. The molecule has 0 radical (unpaired) electrons. The van der Waals surface area contributed by atoms with Crippen molar-refractivity contribution in [3.8, 4) is 5.75 Å². The van der Waals surface area contributed by atoms with Gasteiger partial charge in [-0.25, -0.2) is 13.2 Å². The highest BCUT2D eigenvalue weighted by Crippen LogP contribution is 2.41. The number of ether oxygens (including phenoxy) is 1. The highest BCUT2D eigenvalue weighted by molar-refractivity contribution is 5.97. The fraction of sp³-hybridized carbons (Fsp3) is 0.143. The van der Waals surface area contributed by atoms with Crippen LogP contribution in [0.15, 0.2) is 66.6 Å². The minimum absolute atomic E-state index is 0.0665. The molecule has 26 heavy (non-hydrogen) atoms. The number of nitrogens with zero attached hydrogens (tertiary/aromatic N) is 1. The normalized spacial score (nSPS) is 14.6. The summed E-state index contributed by atoms with van der Waals surface area (Å²) >= 11 is 0. The summed E-state index contributed by atoms with van der Waals surface area (Å²) in [5, 5.41) is 0. The summed E-state index contributed by atoms with van der Waals surface area (Å²) in [5.41, 5.74) is 1.11. The molecule has 0 fully saturated rings. The van der Waals surface area contributed by atoms with Crippen molar-refractivity contribution in [2.75, 3.05) is 13.7 Å². The molecule has 2 aromatic rings. The average Bonchev–Trinajstić information content (AvgIpc) is 2.64. The van der Waals surface area contributed by atoms with Gasteiger partial charge in [-0.15, -0.1) is 0 Å². The van der Waals surface area contributed by atoms with Crippen molar-refractivity contribution in [1.29, 1.82) is 0 Å². The number of halogens is 3. The van der Waals surface area contributed by atoms with Crippen LogP contribution in [-0.2, 0) is 0 Å². The van der Waals surface area contributed by atoms with Crippen molar-refractivity contribution in [1.82, 2.24) is 4.90 Å². The first-order chi connectivity index (χ1) is 12.5. The summed E-state index contributed by atoms with van der Waals surface area (Å²) in [7, 11) is 1.33. The van der Waals surface area contributed by atoms with Crippen LogP contribution in [0.2, 0.25) is 0 Å². The molecule has 134 valence electrons. The van der Waals surface area contributed by atoms with Gasteiger partial charge in [0.1, 0.15) is 23.2 Å². The summed E-state index contributed by atoms with van der Waals surface area (Å²) in [4.78, 5) is 1.48. The third-order valence-electron chi connectivity index (χ3n) is 4.29. The minimum atomic E-state index is -0.785. The van der Waals surface area contributed by atoms with Gasteiger partial charge in [0, 0.05) is 24.3 Å². The lowest BCUT2D eigenvalue weighted by molar-refractivity contribution is 0.405. The van der Waals surface area contributed by atoms with E-state index >= 15 is 0 Å². The second-order valence-corrected chi connectivity index (χ2v) is 5.78. The SMILES string of the molecule is C=C1C(F)=CC(c2ccccc2)=C(c2c(F)cc(OC)cc2F)N1CC. The zero-order valence-corrected chi connectivity index (χ0v) is 14.5. The van der Waals surface area contributed by atoms with E-state index in [9.17, 15) is 13.2 Å². The van der Waals surface area contributed by atoms with Gasteiger partial charge in [-0.2, -0.15) is 0 Å². The Hall–Kier alpha value is -2.95. The Morgan fingerprint density at radius 3 is 2.19 bits per heavy atom. The molecule has 2 aromatic carbocycles. The predicted octanol–water partition coefficient (Wildman–Crippen LogP) is 5.54. The zero-order valence-electron chi connectivity index (χ0n) is 14.5. The van der Waals surface area contributed by atoms with Crippen LogP contribution in [0.1, 0.15) is 18.1 Å². The van der Waals surface area contributed by atoms with E-state index in [2.05, 4.69) is 6.58 Å².